The number of hydrogen-bond acceptors (Lipinski definition) is 3. The quantitative estimate of drug-likeness (QED) is 0.613. The van der Waals surface area contributed by atoms with Crippen molar-refractivity contribution in [2.75, 3.05) is 19.5 Å². The van der Waals surface area contributed by atoms with Crippen molar-refractivity contribution in [1.29, 1.82) is 0 Å². The van der Waals surface area contributed by atoms with E-state index in [4.69, 9.17) is 29.6 Å². The first-order valence-electron chi connectivity index (χ1n) is 4.04. The lowest BCUT2D eigenvalue weighted by Crippen LogP contribution is -2.20. The summed E-state index contributed by atoms with van der Waals surface area (Å²) in [6.07, 6.45) is 0. The molecule has 0 aliphatic carbocycles. The Morgan fingerprint density at radius 3 is 2.57 bits per heavy atom. The van der Waals surface area contributed by atoms with E-state index in [-0.39, 0.29) is 0 Å². The number of benzene rings is 1. The molecule has 5 heteroatoms. The standard InChI is InChI=1S/C9H12ClN3S/c1-13(2)12-8-4-3-6(9(11)14)5-7(8)10/h3-5,12H,1-2H3,(H2,11,14). The second-order valence-electron chi connectivity index (χ2n) is 3.07. The van der Waals surface area contributed by atoms with Crippen LogP contribution in [0.3, 0.4) is 0 Å². The molecule has 0 spiro atoms. The summed E-state index contributed by atoms with van der Waals surface area (Å²) in [5, 5.41) is 2.41. The van der Waals surface area contributed by atoms with E-state index in [1.165, 1.54) is 0 Å². The van der Waals surface area contributed by atoms with Crippen LogP contribution in [0.5, 0.6) is 0 Å². The molecule has 0 atom stereocenters. The van der Waals surface area contributed by atoms with Crippen LogP contribution in [0.25, 0.3) is 0 Å². The van der Waals surface area contributed by atoms with Crippen molar-refractivity contribution < 1.29 is 0 Å². The zero-order valence-electron chi connectivity index (χ0n) is 8.04. The van der Waals surface area contributed by atoms with Crippen LogP contribution in [0.2, 0.25) is 5.02 Å². The number of anilines is 1. The Morgan fingerprint density at radius 1 is 1.50 bits per heavy atom. The highest BCUT2D eigenvalue weighted by atomic mass is 35.5. The zero-order valence-corrected chi connectivity index (χ0v) is 9.62. The maximum atomic E-state index is 6.01. The number of hydrogen-bond donors (Lipinski definition) is 2. The van der Waals surface area contributed by atoms with Gasteiger partial charge in [-0.1, -0.05) is 23.8 Å². The molecule has 0 aliphatic heterocycles. The Bertz CT molecular complexity index is 352. The Kier molecular flexibility index (Phi) is 3.69. The number of halogens is 1. The first kappa shape index (κ1) is 11.2. The van der Waals surface area contributed by atoms with Crippen molar-refractivity contribution in [2.24, 2.45) is 5.73 Å². The van der Waals surface area contributed by atoms with Crippen LogP contribution in [0.1, 0.15) is 5.56 Å². The predicted octanol–water partition coefficient (Wildman–Crippen LogP) is 1.86. The van der Waals surface area contributed by atoms with Gasteiger partial charge in [-0.2, -0.15) is 0 Å². The van der Waals surface area contributed by atoms with Gasteiger partial charge < -0.3 is 11.2 Å². The van der Waals surface area contributed by atoms with Crippen molar-refractivity contribution in [1.82, 2.24) is 5.01 Å². The van der Waals surface area contributed by atoms with Crippen LogP contribution < -0.4 is 11.2 Å². The monoisotopic (exact) mass is 229 g/mol. The van der Waals surface area contributed by atoms with E-state index in [0.29, 0.717) is 10.0 Å². The first-order chi connectivity index (χ1) is 6.50. The van der Waals surface area contributed by atoms with Gasteiger partial charge in [0, 0.05) is 19.7 Å². The minimum absolute atomic E-state index is 0.350. The maximum Gasteiger partial charge on any atom is 0.104 e. The minimum Gasteiger partial charge on any atom is -0.389 e. The van der Waals surface area contributed by atoms with Gasteiger partial charge in [0.05, 0.1) is 10.7 Å². The molecular weight excluding hydrogens is 218 g/mol. The van der Waals surface area contributed by atoms with Gasteiger partial charge in [0.25, 0.3) is 0 Å². The molecule has 0 fully saturated rings. The smallest absolute Gasteiger partial charge is 0.104 e. The number of hydrazine groups is 1. The van der Waals surface area contributed by atoms with Gasteiger partial charge >= 0.3 is 0 Å². The highest BCUT2D eigenvalue weighted by Gasteiger charge is 2.03. The average Bonchev–Trinajstić information content (AvgIpc) is 2.07. The second kappa shape index (κ2) is 4.59. The van der Waals surface area contributed by atoms with Crippen molar-refractivity contribution in [3.8, 4) is 0 Å². The Hall–Kier alpha value is -0.840. The fraction of sp³-hybridized carbons (Fsp3) is 0.222. The van der Waals surface area contributed by atoms with Gasteiger partial charge in [0.2, 0.25) is 0 Å². The lowest BCUT2D eigenvalue weighted by molar-refractivity contribution is 0.495. The number of nitrogens with one attached hydrogen (secondary N) is 1. The van der Waals surface area contributed by atoms with Gasteiger partial charge in [-0.05, 0) is 18.2 Å². The van der Waals surface area contributed by atoms with E-state index < -0.39 is 0 Å². The van der Waals surface area contributed by atoms with Crippen LogP contribution in [-0.4, -0.2) is 24.1 Å². The van der Waals surface area contributed by atoms with E-state index >= 15 is 0 Å². The van der Waals surface area contributed by atoms with E-state index in [9.17, 15) is 0 Å². The second-order valence-corrected chi connectivity index (χ2v) is 3.91. The largest absolute Gasteiger partial charge is 0.389 e. The molecule has 1 rings (SSSR count). The molecule has 0 amide bonds. The van der Waals surface area contributed by atoms with Crippen LogP contribution >= 0.6 is 23.8 Å². The molecule has 76 valence electrons. The molecule has 14 heavy (non-hydrogen) atoms. The molecule has 1 aromatic rings. The van der Waals surface area contributed by atoms with Gasteiger partial charge in [0.1, 0.15) is 4.99 Å². The molecule has 0 radical (unpaired) electrons. The van der Waals surface area contributed by atoms with E-state index in [1.54, 1.807) is 6.07 Å². The van der Waals surface area contributed by atoms with Crippen LogP contribution in [0.4, 0.5) is 5.69 Å². The topological polar surface area (TPSA) is 41.3 Å². The molecule has 1 aromatic carbocycles. The minimum atomic E-state index is 0.350. The Balaban J connectivity index is 2.95. The SMILES string of the molecule is CN(C)Nc1ccc(C(N)=S)cc1Cl. The average molecular weight is 230 g/mol. The fourth-order valence-corrected chi connectivity index (χ4v) is 1.35. The number of nitrogens with two attached hydrogens (primary N) is 1. The molecule has 0 aliphatic rings. The lowest BCUT2D eigenvalue weighted by Gasteiger charge is -2.15. The Morgan fingerprint density at radius 2 is 2.14 bits per heavy atom. The van der Waals surface area contributed by atoms with E-state index in [0.717, 1.165) is 11.3 Å². The van der Waals surface area contributed by atoms with Crippen LogP contribution in [-0.2, 0) is 0 Å². The van der Waals surface area contributed by atoms with E-state index in [1.807, 2.05) is 31.2 Å². The summed E-state index contributed by atoms with van der Waals surface area (Å²) >= 11 is 10.9. The summed E-state index contributed by atoms with van der Waals surface area (Å²) in [7, 11) is 3.77. The Labute approximate surface area is 93.8 Å². The third kappa shape index (κ3) is 2.83. The number of rotatable bonds is 3. The number of nitrogens with zero attached hydrogens (tertiary/aromatic N) is 1. The van der Waals surface area contributed by atoms with Crippen molar-refractivity contribution in [2.45, 2.75) is 0 Å². The van der Waals surface area contributed by atoms with Crippen LogP contribution in [0.15, 0.2) is 18.2 Å². The molecule has 0 saturated carbocycles. The van der Waals surface area contributed by atoms with Crippen molar-refractivity contribution in [3.63, 3.8) is 0 Å². The van der Waals surface area contributed by atoms with Crippen molar-refractivity contribution >= 4 is 34.5 Å². The van der Waals surface area contributed by atoms with Crippen LogP contribution in [0, 0.1) is 0 Å². The van der Waals surface area contributed by atoms with Crippen molar-refractivity contribution in [3.05, 3.63) is 28.8 Å². The summed E-state index contributed by atoms with van der Waals surface area (Å²) in [6, 6.07) is 5.42. The summed E-state index contributed by atoms with van der Waals surface area (Å²) in [6.45, 7) is 0. The summed E-state index contributed by atoms with van der Waals surface area (Å²) in [5.41, 5.74) is 10.1. The lowest BCUT2D eigenvalue weighted by atomic mass is 10.2. The van der Waals surface area contributed by atoms with Gasteiger partial charge in [-0.25, -0.2) is 5.01 Å². The summed E-state index contributed by atoms with van der Waals surface area (Å²) in [5.74, 6) is 0. The molecule has 0 heterocycles. The summed E-state index contributed by atoms with van der Waals surface area (Å²) < 4.78 is 0. The molecule has 0 unspecified atom stereocenters. The van der Waals surface area contributed by atoms with E-state index in [2.05, 4.69) is 5.43 Å². The summed E-state index contributed by atoms with van der Waals surface area (Å²) in [4.78, 5) is 0.350. The third-order valence-corrected chi connectivity index (χ3v) is 2.15. The number of thiocarbonyl (C=S) groups is 1. The van der Waals surface area contributed by atoms with Gasteiger partial charge in [0.15, 0.2) is 0 Å². The fourth-order valence-electron chi connectivity index (χ4n) is 1.000. The molecule has 0 saturated heterocycles. The maximum absolute atomic E-state index is 6.01. The molecule has 3 nitrogen and oxygen atoms in total. The molecular formula is C9H12ClN3S. The molecule has 3 N–H and O–H groups in total. The predicted molar refractivity (Wildman–Crippen MR) is 64.6 cm³/mol. The highest BCUT2D eigenvalue weighted by Crippen LogP contribution is 2.22. The van der Waals surface area contributed by atoms with Gasteiger partial charge in [-0.15, -0.1) is 0 Å². The first-order valence-corrected chi connectivity index (χ1v) is 4.82. The normalized spacial score (nSPS) is 10.3. The zero-order chi connectivity index (χ0) is 10.7. The highest BCUT2D eigenvalue weighted by molar-refractivity contribution is 7.80. The van der Waals surface area contributed by atoms with Gasteiger partial charge in [-0.3, -0.25) is 0 Å². The third-order valence-electron chi connectivity index (χ3n) is 1.60. The molecule has 0 aromatic heterocycles. The molecule has 0 bridgehead atoms.